The van der Waals surface area contributed by atoms with Crippen LogP contribution in [0.25, 0.3) is 0 Å². The van der Waals surface area contributed by atoms with Gasteiger partial charge < -0.3 is 5.32 Å². The average Bonchev–Trinajstić information content (AvgIpc) is 2.68. The van der Waals surface area contributed by atoms with E-state index in [4.69, 9.17) is 0 Å². The molecule has 1 amide bonds. The second-order valence-corrected chi connectivity index (χ2v) is 8.55. The lowest BCUT2D eigenvalue weighted by Gasteiger charge is -2.30. The van der Waals surface area contributed by atoms with Gasteiger partial charge in [-0.05, 0) is 37.1 Å². The molecule has 1 N–H and O–H groups in total. The first-order valence-corrected chi connectivity index (χ1v) is 10.3. The van der Waals surface area contributed by atoms with Crippen LogP contribution in [0.5, 0.6) is 0 Å². The summed E-state index contributed by atoms with van der Waals surface area (Å²) in [6.07, 6.45) is 1.02. The largest absolute Gasteiger partial charge is 0.326 e. The third kappa shape index (κ3) is 4.43. The summed E-state index contributed by atoms with van der Waals surface area (Å²) in [6, 6.07) is 15.2. The fourth-order valence-electron chi connectivity index (χ4n) is 3.26. The van der Waals surface area contributed by atoms with Gasteiger partial charge in [-0.15, -0.1) is 0 Å². The van der Waals surface area contributed by atoms with E-state index in [0.29, 0.717) is 37.2 Å². The first-order chi connectivity index (χ1) is 12.9. The quantitative estimate of drug-likeness (QED) is 0.801. The van der Waals surface area contributed by atoms with E-state index in [2.05, 4.69) is 5.32 Å². The van der Waals surface area contributed by atoms with Crippen molar-refractivity contribution < 1.29 is 18.0 Å². The van der Waals surface area contributed by atoms with E-state index >= 15 is 0 Å². The minimum Gasteiger partial charge on any atom is -0.326 e. The summed E-state index contributed by atoms with van der Waals surface area (Å²) in [5.41, 5.74) is 1.22. The summed E-state index contributed by atoms with van der Waals surface area (Å²) in [5, 5.41) is 2.61. The van der Waals surface area contributed by atoms with E-state index in [0.717, 1.165) is 0 Å². The van der Waals surface area contributed by atoms with Crippen LogP contribution in [0.1, 0.15) is 30.1 Å². The molecule has 2 aromatic carbocycles. The van der Waals surface area contributed by atoms with E-state index < -0.39 is 10.0 Å². The van der Waals surface area contributed by atoms with Crippen LogP contribution in [-0.2, 0) is 14.8 Å². The highest BCUT2D eigenvalue weighted by Gasteiger charge is 2.32. The molecular weight excluding hydrogens is 364 g/mol. The molecule has 1 fully saturated rings. The van der Waals surface area contributed by atoms with Crippen molar-refractivity contribution in [1.29, 1.82) is 0 Å². The summed E-state index contributed by atoms with van der Waals surface area (Å²) in [4.78, 5) is 23.8. The zero-order valence-electron chi connectivity index (χ0n) is 15.1. The molecule has 142 valence electrons. The number of carbonyl (C=O) groups is 2. The van der Waals surface area contributed by atoms with Crippen molar-refractivity contribution in [3.8, 4) is 0 Å². The average molecular weight is 386 g/mol. The van der Waals surface area contributed by atoms with Crippen molar-refractivity contribution in [1.82, 2.24) is 4.31 Å². The van der Waals surface area contributed by atoms with Crippen molar-refractivity contribution >= 4 is 27.4 Å². The van der Waals surface area contributed by atoms with Crippen LogP contribution in [0.4, 0.5) is 5.69 Å². The van der Waals surface area contributed by atoms with Crippen LogP contribution in [0.3, 0.4) is 0 Å². The number of benzene rings is 2. The topological polar surface area (TPSA) is 83.6 Å². The number of amides is 1. The normalized spacial score (nSPS) is 16.0. The number of nitrogens with zero attached hydrogens (tertiary/aromatic N) is 1. The third-order valence-corrected chi connectivity index (χ3v) is 6.61. The maximum atomic E-state index is 12.8. The van der Waals surface area contributed by atoms with Crippen LogP contribution in [0, 0.1) is 5.92 Å². The van der Waals surface area contributed by atoms with Crippen molar-refractivity contribution in [2.75, 3.05) is 18.4 Å². The standard InChI is InChI=1S/C20H22N2O4S/c1-15(23)21-18-7-9-19(10-8-18)27(25,26)22-13-11-17(12-14-22)20(24)16-5-3-2-4-6-16/h2-10,17H,11-14H2,1H3,(H,21,23). The van der Waals surface area contributed by atoms with Gasteiger partial charge in [0, 0.05) is 37.2 Å². The van der Waals surface area contributed by atoms with Gasteiger partial charge in [-0.3, -0.25) is 9.59 Å². The molecule has 0 spiro atoms. The highest BCUT2D eigenvalue weighted by Crippen LogP contribution is 2.26. The Bertz CT molecular complexity index is 916. The molecule has 27 heavy (non-hydrogen) atoms. The molecule has 3 rings (SSSR count). The monoisotopic (exact) mass is 386 g/mol. The molecule has 0 saturated carbocycles. The van der Waals surface area contributed by atoms with Crippen molar-refractivity contribution in [2.45, 2.75) is 24.7 Å². The molecule has 0 radical (unpaired) electrons. The lowest BCUT2D eigenvalue weighted by molar-refractivity contribution is -0.114. The molecule has 0 atom stereocenters. The molecule has 0 bridgehead atoms. The number of rotatable bonds is 5. The number of piperidine rings is 1. The molecular formula is C20H22N2O4S. The van der Waals surface area contributed by atoms with Gasteiger partial charge in [-0.2, -0.15) is 4.31 Å². The summed E-state index contributed by atoms with van der Waals surface area (Å²) in [5.74, 6) is -0.288. The summed E-state index contributed by atoms with van der Waals surface area (Å²) >= 11 is 0. The molecule has 0 aliphatic carbocycles. The second-order valence-electron chi connectivity index (χ2n) is 6.61. The number of ketones is 1. The molecule has 1 aliphatic heterocycles. The van der Waals surface area contributed by atoms with Crippen LogP contribution in [-0.4, -0.2) is 37.5 Å². The number of sulfonamides is 1. The van der Waals surface area contributed by atoms with E-state index in [-0.39, 0.29) is 22.5 Å². The predicted molar refractivity (Wildman–Crippen MR) is 103 cm³/mol. The Labute approximate surface area is 159 Å². The van der Waals surface area contributed by atoms with Gasteiger partial charge in [0.1, 0.15) is 0 Å². The lowest BCUT2D eigenvalue weighted by Crippen LogP contribution is -2.40. The van der Waals surface area contributed by atoms with E-state index in [1.165, 1.54) is 23.4 Å². The van der Waals surface area contributed by atoms with Gasteiger partial charge in [-0.1, -0.05) is 30.3 Å². The maximum Gasteiger partial charge on any atom is 0.243 e. The fourth-order valence-corrected chi connectivity index (χ4v) is 4.73. The molecule has 6 nitrogen and oxygen atoms in total. The lowest BCUT2D eigenvalue weighted by atomic mass is 9.90. The summed E-state index contributed by atoms with van der Waals surface area (Å²) < 4.78 is 27.1. The van der Waals surface area contributed by atoms with Crippen molar-refractivity contribution in [3.63, 3.8) is 0 Å². The molecule has 0 aromatic heterocycles. The number of anilines is 1. The van der Waals surface area contributed by atoms with Crippen LogP contribution >= 0.6 is 0 Å². The molecule has 1 saturated heterocycles. The zero-order valence-corrected chi connectivity index (χ0v) is 15.9. The smallest absolute Gasteiger partial charge is 0.243 e. The van der Waals surface area contributed by atoms with E-state index in [1.54, 1.807) is 24.3 Å². The number of hydrogen-bond acceptors (Lipinski definition) is 4. The van der Waals surface area contributed by atoms with Gasteiger partial charge in [0.25, 0.3) is 0 Å². The van der Waals surface area contributed by atoms with Crippen LogP contribution in [0.2, 0.25) is 0 Å². The van der Waals surface area contributed by atoms with Crippen molar-refractivity contribution in [2.24, 2.45) is 5.92 Å². The Kier molecular flexibility index (Phi) is 5.72. The minimum atomic E-state index is -3.61. The second kappa shape index (κ2) is 8.02. The number of hydrogen-bond donors (Lipinski definition) is 1. The number of carbonyl (C=O) groups excluding carboxylic acids is 2. The first-order valence-electron chi connectivity index (χ1n) is 8.85. The number of nitrogens with one attached hydrogen (secondary N) is 1. The molecule has 1 heterocycles. The van der Waals surface area contributed by atoms with E-state index in [1.807, 2.05) is 18.2 Å². The molecule has 7 heteroatoms. The first kappa shape index (κ1) is 19.3. The Morgan fingerprint density at radius 2 is 1.56 bits per heavy atom. The Balaban J connectivity index is 1.66. The van der Waals surface area contributed by atoms with Gasteiger partial charge in [0.2, 0.25) is 15.9 Å². The highest BCUT2D eigenvalue weighted by atomic mass is 32.2. The highest BCUT2D eigenvalue weighted by molar-refractivity contribution is 7.89. The third-order valence-electron chi connectivity index (χ3n) is 4.70. The predicted octanol–water partition coefficient (Wildman–Crippen LogP) is 2.93. The van der Waals surface area contributed by atoms with Gasteiger partial charge in [0.15, 0.2) is 5.78 Å². The summed E-state index contributed by atoms with van der Waals surface area (Å²) in [7, 11) is -3.61. The Morgan fingerprint density at radius 3 is 2.11 bits per heavy atom. The SMILES string of the molecule is CC(=O)Nc1ccc(S(=O)(=O)N2CCC(C(=O)c3ccccc3)CC2)cc1. The Hall–Kier alpha value is -2.51. The van der Waals surface area contributed by atoms with E-state index in [9.17, 15) is 18.0 Å². The fraction of sp³-hybridized carbons (Fsp3) is 0.300. The van der Waals surface area contributed by atoms with Crippen LogP contribution < -0.4 is 5.32 Å². The van der Waals surface area contributed by atoms with Crippen molar-refractivity contribution in [3.05, 3.63) is 60.2 Å². The molecule has 2 aromatic rings. The zero-order chi connectivity index (χ0) is 19.4. The minimum absolute atomic E-state index is 0.0762. The summed E-state index contributed by atoms with van der Waals surface area (Å²) in [6.45, 7) is 2.03. The van der Waals surface area contributed by atoms with Gasteiger partial charge in [0.05, 0.1) is 4.90 Å². The Morgan fingerprint density at radius 1 is 0.963 bits per heavy atom. The van der Waals surface area contributed by atoms with Crippen LogP contribution in [0.15, 0.2) is 59.5 Å². The van der Waals surface area contributed by atoms with Gasteiger partial charge in [-0.25, -0.2) is 8.42 Å². The molecule has 0 unspecified atom stereocenters. The molecule has 1 aliphatic rings. The van der Waals surface area contributed by atoms with Gasteiger partial charge >= 0.3 is 0 Å². The maximum absolute atomic E-state index is 12.8. The number of Topliss-reactive ketones (excluding diaryl/α,β-unsaturated/α-hetero) is 1.